The highest BCUT2D eigenvalue weighted by Crippen LogP contribution is 2.25. The number of benzene rings is 1. The molecule has 1 aromatic rings. The third kappa shape index (κ3) is 4.69. The Hall–Kier alpha value is -1.63. The third-order valence-electron chi connectivity index (χ3n) is 3.41. The van der Waals surface area contributed by atoms with Crippen LogP contribution in [0.5, 0.6) is 0 Å². The van der Waals surface area contributed by atoms with Crippen LogP contribution in [0.1, 0.15) is 25.3 Å². The molecule has 0 radical (unpaired) electrons. The maximum Gasteiger partial charge on any atom is 0.253 e. The largest absolute Gasteiger partial charge is 0.364 e. The number of halogens is 1. The van der Waals surface area contributed by atoms with E-state index in [4.69, 9.17) is 10.5 Å². The number of amides is 2. The lowest BCUT2D eigenvalue weighted by Gasteiger charge is -2.16. The average molecular weight is 328 g/mol. The summed E-state index contributed by atoms with van der Waals surface area (Å²) in [5.41, 5.74) is 7.69. The molecule has 0 saturated carbocycles. The van der Waals surface area contributed by atoms with Crippen molar-refractivity contribution in [3.63, 3.8) is 0 Å². The van der Waals surface area contributed by atoms with Gasteiger partial charge in [-0.3, -0.25) is 9.59 Å². The van der Waals surface area contributed by atoms with Crippen molar-refractivity contribution < 1.29 is 14.3 Å². The van der Waals surface area contributed by atoms with E-state index in [1.54, 1.807) is 6.07 Å². The highest BCUT2D eigenvalue weighted by atomic mass is 35.5. The molecule has 1 aromatic carbocycles. The lowest BCUT2D eigenvalue weighted by atomic mass is 10.1. The first-order valence-corrected chi connectivity index (χ1v) is 7.04. The number of hydrogen-bond donors (Lipinski definition) is 3. The zero-order valence-electron chi connectivity index (χ0n) is 12.7. The van der Waals surface area contributed by atoms with Gasteiger partial charge in [-0.05, 0) is 37.5 Å². The minimum absolute atomic E-state index is 0. The number of anilines is 2. The molecule has 6 nitrogen and oxygen atoms in total. The van der Waals surface area contributed by atoms with E-state index in [0.29, 0.717) is 24.3 Å². The molecule has 1 aliphatic heterocycles. The number of rotatable bonds is 4. The Balaban J connectivity index is 0.00000242. The molecule has 22 heavy (non-hydrogen) atoms. The molecule has 1 saturated heterocycles. The zero-order valence-corrected chi connectivity index (χ0v) is 13.5. The Bertz CT molecular complexity index is 551. The fourth-order valence-corrected chi connectivity index (χ4v) is 2.35. The third-order valence-corrected chi connectivity index (χ3v) is 3.41. The lowest BCUT2D eigenvalue weighted by Crippen LogP contribution is -2.30. The molecule has 2 rings (SSSR count). The van der Waals surface area contributed by atoms with E-state index in [2.05, 4.69) is 10.6 Å². The van der Waals surface area contributed by atoms with Crippen LogP contribution in [0.15, 0.2) is 18.2 Å². The molecule has 0 aromatic heterocycles. The average Bonchev–Trinajstić information content (AvgIpc) is 2.90. The van der Waals surface area contributed by atoms with Gasteiger partial charge in [-0.2, -0.15) is 0 Å². The fourth-order valence-electron chi connectivity index (χ4n) is 2.35. The maximum atomic E-state index is 12.2. The van der Waals surface area contributed by atoms with Crippen LogP contribution in [0.4, 0.5) is 11.4 Å². The fraction of sp³-hybridized carbons (Fsp3) is 0.467. The van der Waals surface area contributed by atoms with Crippen molar-refractivity contribution in [2.75, 3.05) is 17.2 Å². The van der Waals surface area contributed by atoms with Crippen LogP contribution in [0, 0.1) is 6.92 Å². The SMILES string of the molecule is CC(=O)Nc1ccc(C)cc1NC(=O)[C@@H]1CC[C@H](CN)O1.Cl. The van der Waals surface area contributed by atoms with Crippen LogP contribution in [0.25, 0.3) is 0 Å². The smallest absolute Gasteiger partial charge is 0.253 e. The molecule has 2 amide bonds. The summed E-state index contributed by atoms with van der Waals surface area (Å²) in [4.78, 5) is 23.4. The van der Waals surface area contributed by atoms with Gasteiger partial charge in [-0.25, -0.2) is 0 Å². The molecule has 1 aliphatic rings. The van der Waals surface area contributed by atoms with Crippen LogP contribution >= 0.6 is 12.4 Å². The van der Waals surface area contributed by atoms with E-state index < -0.39 is 6.10 Å². The number of carbonyl (C=O) groups excluding carboxylic acids is 2. The molecule has 0 unspecified atom stereocenters. The minimum atomic E-state index is -0.482. The molecule has 0 spiro atoms. The summed E-state index contributed by atoms with van der Waals surface area (Å²) in [7, 11) is 0. The van der Waals surface area contributed by atoms with Crippen LogP contribution in [0.3, 0.4) is 0 Å². The van der Waals surface area contributed by atoms with Gasteiger partial charge in [0.25, 0.3) is 5.91 Å². The second-order valence-corrected chi connectivity index (χ2v) is 5.28. The standard InChI is InChI=1S/C15H21N3O3.ClH/c1-9-3-5-12(17-10(2)19)13(7-9)18-15(20)14-6-4-11(8-16)21-14;/h3,5,7,11,14H,4,6,8,16H2,1-2H3,(H,17,19)(H,18,20);1H/t11-,14+;/m1./s1. The number of nitrogens with one attached hydrogen (secondary N) is 2. The summed E-state index contributed by atoms with van der Waals surface area (Å²) in [6.07, 6.45) is 0.924. The molecule has 4 N–H and O–H groups in total. The monoisotopic (exact) mass is 327 g/mol. The molecule has 7 heteroatoms. The number of carbonyl (C=O) groups is 2. The van der Waals surface area contributed by atoms with Crippen molar-refractivity contribution in [1.29, 1.82) is 0 Å². The Morgan fingerprint density at radius 1 is 1.27 bits per heavy atom. The second kappa shape index (κ2) is 8.12. The maximum absolute atomic E-state index is 12.2. The van der Waals surface area contributed by atoms with Gasteiger partial charge < -0.3 is 21.1 Å². The number of aryl methyl sites for hydroxylation is 1. The number of nitrogens with two attached hydrogens (primary N) is 1. The van der Waals surface area contributed by atoms with Gasteiger partial charge in [0, 0.05) is 13.5 Å². The molecule has 1 fully saturated rings. The molecular formula is C15H22ClN3O3. The summed E-state index contributed by atoms with van der Waals surface area (Å²) in [5, 5.41) is 5.53. The normalized spacial score (nSPS) is 20.1. The van der Waals surface area contributed by atoms with Gasteiger partial charge in [0.15, 0.2) is 0 Å². The van der Waals surface area contributed by atoms with Gasteiger partial charge in [0.1, 0.15) is 6.10 Å². The van der Waals surface area contributed by atoms with E-state index in [9.17, 15) is 9.59 Å². The van der Waals surface area contributed by atoms with Crippen molar-refractivity contribution in [2.24, 2.45) is 5.73 Å². The first kappa shape index (κ1) is 18.4. The minimum Gasteiger partial charge on any atom is -0.364 e. The molecule has 122 valence electrons. The summed E-state index contributed by atoms with van der Waals surface area (Å²) in [5.74, 6) is -0.391. The Kier molecular flexibility index (Phi) is 6.80. The first-order valence-electron chi connectivity index (χ1n) is 7.04. The lowest BCUT2D eigenvalue weighted by molar-refractivity contribution is -0.126. The number of ether oxygens (including phenoxy) is 1. The van der Waals surface area contributed by atoms with E-state index in [1.807, 2.05) is 19.1 Å². The van der Waals surface area contributed by atoms with Crippen molar-refractivity contribution in [1.82, 2.24) is 0 Å². The van der Waals surface area contributed by atoms with Crippen LogP contribution in [-0.4, -0.2) is 30.6 Å². The van der Waals surface area contributed by atoms with E-state index >= 15 is 0 Å². The van der Waals surface area contributed by atoms with Crippen molar-refractivity contribution in [3.05, 3.63) is 23.8 Å². The second-order valence-electron chi connectivity index (χ2n) is 5.28. The molecule has 1 heterocycles. The molecule has 0 aliphatic carbocycles. The first-order chi connectivity index (χ1) is 9.99. The summed E-state index contributed by atoms with van der Waals surface area (Å²) < 4.78 is 5.57. The van der Waals surface area contributed by atoms with Gasteiger partial charge in [0.2, 0.25) is 5.91 Å². The van der Waals surface area contributed by atoms with Crippen LogP contribution in [0.2, 0.25) is 0 Å². The van der Waals surface area contributed by atoms with Gasteiger partial charge >= 0.3 is 0 Å². The highest BCUT2D eigenvalue weighted by Gasteiger charge is 2.30. The molecule has 2 atom stereocenters. The zero-order chi connectivity index (χ0) is 15.4. The molecule has 0 bridgehead atoms. The van der Waals surface area contributed by atoms with Gasteiger partial charge in [-0.15, -0.1) is 12.4 Å². The topological polar surface area (TPSA) is 93.5 Å². The Labute approximate surface area is 136 Å². The predicted octanol–water partition coefficient (Wildman–Crippen LogP) is 1.82. The van der Waals surface area contributed by atoms with E-state index in [-0.39, 0.29) is 30.3 Å². The summed E-state index contributed by atoms with van der Waals surface area (Å²) in [6.45, 7) is 3.77. The van der Waals surface area contributed by atoms with Crippen molar-refractivity contribution in [3.8, 4) is 0 Å². The quantitative estimate of drug-likeness (QED) is 0.786. The number of hydrogen-bond acceptors (Lipinski definition) is 4. The summed E-state index contributed by atoms with van der Waals surface area (Å²) in [6, 6.07) is 5.46. The van der Waals surface area contributed by atoms with Gasteiger partial charge in [-0.1, -0.05) is 6.07 Å². The van der Waals surface area contributed by atoms with Gasteiger partial charge in [0.05, 0.1) is 17.5 Å². The van der Waals surface area contributed by atoms with E-state index in [0.717, 1.165) is 12.0 Å². The summed E-state index contributed by atoms with van der Waals surface area (Å²) >= 11 is 0. The van der Waals surface area contributed by atoms with Crippen molar-refractivity contribution >= 4 is 35.6 Å². The van der Waals surface area contributed by atoms with Crippen LogP contribution in [-0.2, 0) is 14.3 Å². The Morgan fingerprint density at radius 2 is 2.00 bits per heavy atom. The van der Waals surface area contributed by atoms with Crippen LogP contribution < -0.4 is 16.4 Å². The Morgan fingerprint density at radius 3 is 2.59 bits per heavy atom. The highest BCUT2D eigenvalue weighted by molar-refractivity contribution is 6.00. The van der Waals surface area contributed by atoms with E-state index in [1.165, 1.54) is 6.92 Å². The van der Waals surface area contributed by atoms with Crippen molar-refractivity contribution in [2.45, 2.75) is 38.9 Å². The molecular weight excluding hydrogens is 306 g/mol. The predicted molar refractivity (Wildman–Crippen MR) is 88.3 cm³/mol.